The Labute approximate surface area is 266 Å². The summed E-state index contributed by atoms with van der Waals surface area (Å²) in [5.74, 6) is 0. The van der Waals surface area contributed by atoms with Crippen LogP contribution in [0.15, 0.2) is 150 Å². The van der Waals surface area contributed by atoms with Gasteiger partial charge in [0.15, 0.2) is 0 Å². The van der Waals surface area contributed by atoms with Crippen LogP contribution in [0.4, 0.5) is 0 Å². The van der Waals surface area contributed by atoms with E-state index in [-0.39, 0.29) is 0 Å². The molecule has 46 heavy (non-hydrogen) atoms. The van der Waals surface area contributed by atoms with E-state index in [1.165, 1.54) is 69.5 Å². The van der Waals surface area contributed by atoms with Crippen molar-refractivity contribution in [2.24, 2.45) is 0 Å². The molecule has 4 heteroatoms. The van der Waals surface area contributed by atoms with Gasteiger partial charge in [0, 0.05) is 69.9 Å². The van der Waals surface area contributed by atoms with E-state index >= 15 is 0 Å². The molecule has 214 valence electrons. The molecule has 0 radical (unpaired) electrons. The number of hydrogen-bond donors (Lipinski definition) is 0. The van der Waals surface area contributed by atoms with Gasteiger partial charge in [-0.2, -0.15) is 0 Å². The van der Waals surface area contributed by atoms with Crippen molar-refractivity contribution in [2.75, 3.05) is 0 Å². The summed E-state index contributed by atoms with van der Waals surface area (Å²) < 4.78 is 13.8. The van der Waals surface area contributed by atoms with Gasteiger partial charge in [0.05, 0.1) is 22.1 Å². The van der Waals surface area contributed by atoms with Crippen molar-refractivity contribution in [1.29, 1.82) is 0 Å². The lowest BCUT2D eigenvalue weighted by atomic mass is 10.1. The van der Waals surface area contributed by atoms with Gasteiger partial charge in [-0.05, 0) is 54.6 Å². The first kappa shape index (κ1) is 24.5. The van der Waals surface area contributed by atoms with Gasteiger partial charge in [-0.15, -0.1) is 11.3 Å². The van der Waals surface area contributed by atoms with Gasteiger partial charge >= 0.3 is 0 Å². The minimum absolute atomic E-state index is 0.900. The van der Waals surface area contributed by atoms with Crippen LogP contribution in [-0.2, 0) is 0 Å². The van der Waals surface area contributed by atoms with Crippen molar-refractivity contribution >= 4 is 97.1 Å². The molecule has 0 saturated carbocycles. The minimum Gasteiger partial charge on any atom is -0.456 e. The smallest absolute Gasteiger partial charge is 0.137 e. The number of hydrogen-bond acceptors (Lipinski definition) is 2. The SMILES string of the molecule is c1ccc2c(c1)oc1cc(-n3c4ccccc4c4c3ccc3c5ccccc5n(-c5ccc6c(c5)sc5ccccc56)c34)ccc12. The second-order valence-corrected chi connectivity index (χ2v) is 13.2. The van der Waals surface area contributed by atoms with Crippen LogP contribution in [0.5, 0.6) is 0 Å². The van der Waals surface area contributed by atoms with Crippen LogP contribution >= 0.6 is 11.3 Å². The molecule has 11 rings (SSSR count). The van der Waals surface area contributed by atoms with Crippen LogP contribution in [0.3, 0.4) is 0 Å². The lowest BCUT2D eigenvalue weighted by Gasteiger charge is -2.10. The molecule has 4 aromatic heterocycles. The van der Waals surface area contributed by atoms with E-state index in [0.29, 0.717) is 0 Å². The standard InChI is InChI=1S/C42H24N2OS/c1-5-13-34-27(9-1)32-21-22-36-41(42(32)44(34)26-18-20-31-30-11-4-8-16-39(30)46-40(31)24-26)33-12-2-6-14-35(33)43(36)25-17-19-29-28-10-3-7-15-37(28)45-38(29)23-25/h1-24H. The molecule has 0 bridgehead atoms. The van der Waals surface area contributed by atoms with Gasteiger partial charge in [-0.25, -0.2) is 0 Å². The summed E-state index contributed by atoms with van der Waals surface area (Å²) in [6.07, 6.45) is 0. The maximum absolute atomic E-state index is 6.34. The number of furan rings is 1. The second-order valence-electron chi connectivity index (χ2n) is 12.1. The number of rotatable bonds is 2. The molecule has 0 spiro atoms. The third-order valence-corrected chi connectivity index (χ3v) is 10.8. The molecule has 0 atom stereocenters. The molecular formula is C42H24N2OS. The summed E-state index contributed by atoms with van der Waals surface area (Å²) >= 11 is 1.87. The van der Waals surface area contributed by atoms with Gasteiger partial charge < -0.3 is 13.6 Å². The minimum atomic E-state index is 0.900. The summed E-state index contributed by atoms with van der Waals surface area (Å²) in [6.45, 7) is 0. The highest BCUT2D eigenvalue weighted by Crippen LogP contribution is 2.43. The quantitative estimate of drug-likeness (QED) is 0.192. The van der Waals surface area contributed by atoms with Crippen LogP contribution in [0.25, 0.3) is 97.1 Å². The van der Waals surface area contributed by atoms with Crippen molar-refractivity contribution in [3.05, 3.63) is 146 Å². The van der Waals surface area contributed by atoms with E-state index in [4.69, 9.17) is 4.42 Å². The van der Waals surface area contributed by atoms with Crippen molar-refractivity contribution in [1.82, 2.24) is 9.13 Å². The highest BCUT2D eigenvalue weighted by Gasteiger charge is 2.21. The first-order valence-electron chi connectivity index (χ1n) is 15.6. The van der Waals surface area contributed by atoms with Gasteiger partial charge in [-0.1, -0.05) is 84.9 Å². The Balaban J connectivity index is 1.26. The molecule has 0 aliphatic heterocycles. The molecule has 7 aromatic carbocycles. The van der Waals surface area contributed by atoms with Crippen LogP contribution in [-0.4, -0.2) is 9.13 Å². The predicted molar refractivity (Wildman–Crippen MR) is 195 cm³/mol. The summed E-state index contributed by atoms with van der Waals surface area (Å²) in [7, 11) is 0. The maximum Gasteiger partial charge on any atom is 0.137 e. The van der Waals surface area contributed by atoms with Gasteiger partial charge in [-0.3, -0.25) is 0 Å². The van der Waals surface area contributed by atoms with Crippen LogP contribution in [0.2, 0.25) is 0 Å². The van der Waals surface area contributed by atoms with Gasteiger partial charge in [0.25, 0.3) is 0 Å². The summed E-state index contributed by atoms with van der Waals surface area (Å²) in [6, 6.07) is 52.8. The lowest BCUT2D eigenvalue weighted by Crippen LogP contribution is -1.95. The van der Waals surface area contributed by atoms with Crippen LogP contribution in [0, 0.1) is 0 Å². The Kier molecular flexibility index (Phi) is 4.72. The molecule has 11 aromatic rings. The van der Waals surface area contributed by atoms with E-state index in [0.717, 1.165) is 27.6 Å². The van der Waals surface area contributed by atoms with Gasteiger partial charge in [0.1, 0.15) is 11.2 Å². The summed E-state index contributed by atoms with van der Waals surface area (Å²) in [5, 5.41) is 9.93. The molecular weight excluding hydrogens is 581 g/mol. The normalized spacial score (nSPS) is 12.3. The first-order valence-corrected chi connectivity index (χ1v) is 16.4. The monoisotopic (exact) mass is 604 g/mol. The third kappa shape index (κ3) is 3.16. The highest BCUT2D eigenvalue weighted by molar-refractivity contribution is 7.25. The Hall–Kier alpha value is -5.84. The number of aromatic nitrogens is 2. The van der Waals surface area contributed by atoms with E-state index in [2.05, 4.69) is 143 Å². The fourth-order valence-electron chi connectivity index (χ4n) is 7.76. The number of thiophene rings is 1. The number of fused-ring (bicyclic) bond motifs is 13. The topological polar surface area (TPSA) is 23.0 Å². The Bertz CT molecular complexity index is 3040. The molecule has 3 nitrogen and oxygen atoms in total. The zero-order valence-electron chi connectivity index (χ0n) is 24.6. The molecule has 0 unspecified atom stereocenters. The number of benzene rings is 7. The Morgan fingerprint density at radius 1 is 0.391 bits per heavy atom. The number of nitrogens with zero attached hydrogens (tertiary/aromatic N) is 2. The molecule has 0 amide bonds. The zero-order valence-corrected chi connectivity index (χ0v) is 25.4. The molecule has 0 aliphatic rings. The average Bonchev–Trinajstić information content (AvgIpc) is 3.84. The third-order valence-electron chi connectivity index (χ3n) is 9.71. The lowest BCUT2D eigenvalue weighted by molar-refractivity contribution is 0.668. The van der Waals surface area contributed by atoms with Crippen molar-refractivity contribution in [2.45, 2.75) is 0 Å². The van der Waals surface area contributed by atoms with E-state index < -0.39 is 0 Å². The highest BCUT2D eigenvalue weighted by atomic mass is 32.1. The van der Waals surface area contributed by atoms with E-state index in [1.807, 2.05) is 23.5 Å². The molecule has 4 heterocycles. The van der Waals surface area contributed by atoms with Crippen molar-refractivity contribution in [3.8, 4) is 11.4 Å². The summed E-state index contributed by atoms with van der Waals surface area (Å²) in [5.41, 5.74) is 8.89. The Morgan fingerprint density at radius 2 is 1.00 bits per heavy atom. The van der Waals surface area contributed by atoms with Crippen LogP contribution < -0.4 is 0 Å². The van der Waals surface area contributed by atoms with E-state index in [1.54, 1.807) is 0 Å². The average molecular weight is 605 g/mol. The largest absolute Gasteiger partial charge is 0.456 e. The van der Waals surface area contributed by atoms with Crippen molar-refractivity contribution < 1.29 is 4.42 Å². The second kappa shape index (κ2) is 8.87. The molecule has 0 aliphatic carbocycles. The fraction of sp³-hybridized carbons (Fsp3) is 0. The van der Waals surface area contributed by atoms with E-state index in [9.17, 15) is 0 Å². The molecule has 0 N–H and O–H groups in total. The summed E-state index contributed by atoms with van der Waals surface area (Å²) in [4.78, 5) is 0. The maximum atomic E-state index is 6.34. The molecule has 0 fully saturated rings. The number of para-hydroxylation sites is 3. The van der Waals surface area contributed by atoms with Gasteiger partial charge in [0.2, 0.25) is 0 Å². The Morgan fingerprint density at radius 3 is 1.87 bits per heavy atom. The van der Waals surface area contributed by atoms with Crippen molar-refractivity contribution in [3.63, 3.8) is 0 Å². The zero-order chi connectivity index (χ0) is 29.9. The predicted octanol–water partition coefficient (Wildman–Crippen LogP) is 12.1. The molecule has 0 saturated heterocycles. The van der Waals surface area contributed by atoms with Crippen LogP contribution in [0.1, 0.15) is 0 Å². The first-order chi connectivity index (χ1) is 22.8. The fourth-order valence-corrected chi connectivity index (χ4v) is 8.90.